The Kier molecular flexibility index (Phi) is 6.96. The van der Waals surface area contributed by atoms with Crippen molar-refractivity contribution < 1.29 is 28.3 Å². The van der Waals surface area contributed by atoms with E-state index < -0.39 is 24.7 Å². The third-order valence-electron chi connectivity index (χ3n) is 4.69. The van der Waals surface area contributed by atoms with Gasteiger partial charge >= 0.3 is 6.09 Å². The summed E-state index contributed by atoms with van der Waals surface area (Å²) in [4.78, 5) is 24.4. The zero-order valence-corrected chi connectivity index (χ0v) is 16.5. The molecule has 9 heteroatoms. The zero-order chi connectivity index (χ0) is 21.7. The molecule has 1 aliphatic heterocycles. The molecule has 1 atom stereocenters. The predicted molar refractivity (Wildman–Crippen MR) is 106 cm³/mol. The van der Waals surface area contributed by atoms with Gasteiger partial charge < -0.3 is 15.3 Å². The van der Waals surface area contributed by atoms with Crippen molar-refractivity contribution in [3.8, 4) is 11.1 Å². The molecule has 1 saturated heterocycles. The number of nitrogens with zero attached hydrogens (tertiary/aromatic N) is 2. The van der Waals surface area contributed by atoms with Crippen molar-refractivity contribution in [1.29, 1.82) is 0 Å². The van der Waals surface area contributed by atoms with Gasteiger partial charge in [0, 0.05) is 19.0 Å². The molecule has 0 spiro atoms. The molecule has 1 aliphatic rings. The van der Waals surface area contributed by atoms with E-state index in [1.54, 1.807) is 36.4 Å². The van der Waals surface area contributed by atoms with Gasteiger partial charge in [-0.15, -0.1) is 0 Å². The topological polar surface area (TPSA) is 82.1 Å². The fraction of sp³-hybridized carbons (Fsp3) is 0.333. The fourth-order valence-electron chi connectivity index (χ4n) is 3.18. The molecule has 2 N–H and O–H groups in total. The summed E-state index contributed by atoms with van der Waals surface area (Å²) in [5, 5.41) is 13.0. The highest BCUT2D eigenvalue weighted by atomic mass is 19.1. The monoisotopic (exact) mass is 419 g/mol. The first-order valence-electron chi connectivity index (χ1n) is 9.48. The lowest BCUT2D eigenvalue weighted by molar-refractivity contribution is -0.119. The lowest BCUT2D eigenvalue weighted by Crippen LogP contribution is -2.33. The second-order valence-corrected chi connectivity index (χ2v) is 6.99. The summed E-state index contributed by atoms with van der Waals surface area (Å²) in [7, 11) is 0. The number of halogens is 2. The normalized spacial score (nSPS) is 16.1. The van der Waals surface area contributed by atoms with Gasteiger partial charge in [0.25, 0.3) is 0 Å². The van der Waals surface area contributed by atoms with Gasteiger partial charge in [0.2, 0.25) is 5.91 Å². The maximum atomic E-state index is 14.8. The molecule has 1 heterocycles. The van der Waals surface area contributed by atoms with Gasteiger partial charge in [-0.3, -0.25) is 9.69 Å². The molecule has 7 nitrogen and oxygen atoms in total. The number of nitrogens with one attached hydrogen (secondary N) is 1. The molecule has 0 bridgehead atoms. The third kappa shape index (κ3) is 5.31. The summed E-state index contributed by atoms with van der Waals surface area (Å²) in [6, 6.07) is 11.4. The Morgan fingerprint density at radius 3 is 2.67 bits per heavy atom. The maximum absolute atomic E-state index is 14.8. The van der Waals surface area contributed by atoms with Crippen LogP contribution in [0, 0.1) is 5.82 Å². The lowest BCUT2D eigenvalue weighted by atomic mass is 10.0. The number of hydrogen-bond acceptors (Lipinski definition) is 5. The van der Waals surface area contributed by atoms with Gasteiger partial charge in [-0.25, -0.2) is 13.6 Å². The minimum atomic E-state index is -0.648. The smallest absolute Gasteiger partial charge is 0.414 e. The van der Waals surface area contributed by atoms with Gasteiger partial charge in [-0.2, -0.15) is 5.06 Å². The number of amides is 2. The van der Waals surface area contributed by atoms with Crippen LogP contribution in [0.15, 0.2) is 42.5 Å². The standard InChI is InChI=1S/C21H23F2N3O4/c1-14(27)24-11-18-13-26(21(28)30-18)17-6-7-19(20(23)10-17)16-4-2-15(3-5-16)12-25(29)9-8-22/h2-7,10,18,29H,8-9,11-13H2,1H3,(H,24,27). The van der Waals surface area contributed by atoms with Crippen LogP contribution >= 0.6 is 0 Å². The van der Waals surface area contributed by atoms with Crippen LogP contribution in [0.25, 0.3) is 11.1 Å². The molecule has 0 radical (unpaired) electrons. The quantitative estimate of drug-likeness (QED) is 0.643. The molecule has 30 heavy (non-hydrogen) atoms. The van der Waals surface area contributed by atoms with Crippen LogP contribution in [0.2, 0.25) is 0 Å². The Morgan fingerprint density at radius 1 is 1.30 bits per heavy atom. The first-order valence-corrected chi connectivity index (χ1v) is 9.48. The second-order valence-electron chi connectivity index (χ2n) is 6.99. The number of ether oxygens (including phenoxy) is 1. The van der Waals surface area contributed by atoms with Gasteiger partial charge in [-0.1, -0.05) is 24.3 Å². The van der Waals surface area contributed by atoms with E-state index in [1.807, 2.05) is 0 Å². The number of alkyl halides is 1. The number of benzene rings is 2. The summed E-state index contributed by atoms with van der Waals surface area (Å²) in [5.74, 6) is -0.723. The fourth-order valence-corrected chi connectivity index (χ4v) is 3.18. The Morgan fingerprint density at radius 2 is 2.03 bits per heavy atom. The summed E-state index contributed by atoms with van der Waals surface area (Å²) in [6.45, 7) is 1.22. The number of carbonyl (C=O) groups excluding carboxylic acids is 2. The number of cyclic esters (lactones) is 1. The molecule has 1 unspecified atom stereocenters. The zero-order valence-electron chi connectivity index (χ0n) is 16.5. The van der Waals surface area contributed by atoms with Gasteiger partial charge in [0.15, 0.2) is 0 Å². The van der Waals surface area contributed by atoms with Crippen LogP contribution in [0.5, 0.6) is 0 Å². The Labute approximate surface area is 172 Å². The summed E-state index contributed by atoms with van der Waals surface area (Å²) >= 11 is 0. The summed E-state index contributed by atoms with van der Waals surface area (Å²) < 4.78 is 32.2. The van der Waals surface area contributed by atoms with Crippen molar-refractivity contribution in [1.82, 2.24) is 10.4 Å². The van der Waals surface area contributed by atoms with Crippen molar-refractivity contribution in [3.05, 3.63) is 53.8 Å². The van der Waals surface area contributed by atoms with E-state index in [2.05, 4.69) is 5.32 Å². The number of anilines is 1. The summed E-state index contributed by atoms with van der Waals surface area (Å²) in [6.07, 6.45) is -1.09. The van der Waals surface area contributed by atoms with Crippen molar-refractivity contribution >= 4 is 17.7 Å². The molecule has 1 fully saturated rings. The van der Waals surface area contributed by atoms with Crippen molar-refractivity contribution in [2.75, 3.05) is 31.2 Å². The predicted octanol–water partition coefficient (Wildman–Crippen LogP) is 3.11. The molecule has 2 aromatic carbocycles. The van der Waals surface area contributed by atoms with Crippen LogP contribution in [-0.2, 0) is 16.1 Å². The third-order valence-corrected chi connectivity index (χ3v) is 4.69. The maximum Gasteiger partial charge on any atom is 0.414 e. The van der Waals surface area contributed by atoms with Crippen LogP contribution in [0.3, 0.4) is 0 Å². The largest absolute Gasteiger partial charge is 0.442 e. The highest BCUT2D eigenvalue weighted by molar-refractivity contribution is 5.90. The van der Waals surface area contributed by atoms with Crippen LogP contribution < -0.4 is 10.2 Å². The molecular formula is C21H23F2N3O4. The van der Waals surface area contributed by atoms with Gasteiger partial charge in [0.1, 0.15) is 18.6 Å². The van der Waals surface area contributed by atoms with E-state index >= 15 is 0 Å². The first-order chi connectivity index (χ1) is 14.4. The van der Waals surface area contributed by atoms with Gasteiger partial charge in [-0.05, 0) is 29.3 Å². The molecule has 0 saturated carbocycles. The Hall–Kier alpha value is -3.04. The molecule has 2 amide bonds. The Balaban J connectivity index is 1.69. The van der Waals surface area contributed by atoms with E-state index in [9.17, 15) is 23.6 Å². The number of rotatable bonds is 8. The van der Waals surface area contributed by atoms with Gasteiger partial charge in [0.05, 0.1) is 25.3 Å². The Bertz CT molecular complexity index is 908. The molecule has 2 aromatic rings. The van der Waals surface area contributed by atoms with Crippen LogP contribution in [0.4, 0.5) is 19.3 Å². The number of hydroxylamine groups is 2. The molecule has 0 aliphatic carbocycles. The van der Waals surface area contributed by atoms with E-state index in [-0.39, 0.29) is 32.1 Å². The molecular weight excluding hydrogens is 396 g/mol. The van der Waals surface area contributed by atoms with E-state index in [0.29, 0.717) is 16.8 Å². The highest BCUT2D eigenvalue weighted by Gasteiger charge is 2.32. The lowest BCUT2D eigenvalue weighted by Gasteiger charge is -2.15. The minimum Gasteiger partial charge on any atom is -0.442 e. The van der Waals surface area contributed by atoms with E-state index in [1.165, 1.54) is 17.9 Å². The molecule has 160 valence electrons. The highest BCUT2D eigenvalue weighted by Crippen LogP contribution is 2.29. The molecule has 0 aromatic heterocycles. The molecule has 3 rings (SSSR count). The van der Waals surface area contributed by atoms with Crippen LogP contribution in [-0.4, -0.2) is 54.7 Å². The average Bonchev–Trinajstić information content (AvgIpc) is 3.08. The van der Waals surface area contributed by atoms with E-state index in [0.717, 1.165) is 10.6 Å². The van der Waals surface area contributed by atoms with Crippen molar-refractivity contribution in [3.63, 3.8) is 0 Å². The van der Waals surface area contributed by atoms with Crippen LogP contribution in [0.1, 0.15) is 12.5 Å². The van der Waals surface area contributed by atoms with Crippen molar-refractivity contribution in [2.24, 2.45) is 0 Å². The SMILES string of the molecule is CC(=O)NCC1CN(c2ccc(-c3ccc(CN(O)CCF)cc3)c(F)c2)C(=O)O1. The first kappa shape index (κ1) is 21.7. The second kappa shape index (κ2) is 9.64. The number of hydrogen-bond donors (Lipinski definition) is 2. The van der Waals surface area contributed by atoms with Crippen molar-refractivity contribution in [2.45, 2.75) is 19.6 Å². The van der Waals surface area contributed by atoms with E-state index in [4.69, 9.17) is 4.74 Å². The summed E-state index contributed by atoms with van der Waals surface area (Å²) in [5.41, 5.74) is 2.12. The average molecular weight is 419 g/mol. The minimum absolute atomic E-state index is 0.0809. The number of carbonyl (C=O) groups is 2.